The fourth-order valence-corrected chi connectivity index (χ4v) is 4.85. The molecule has 1 aliphatic carbocycles. The Morgan fingerprint density at radius 1 is 1.15 bits per heavy atom. The molecule has 0 N–H and O–H groups in total. The monoisotopic (exact) mass is 374 g/mol. The predicted octanol–water partition coefficient (Wildman–Crippen LogP) is 2.35. The second kappa shape index (κ2) is 8.31. The molecule has 4 rings (SSSR count). The summed E-state index contributed by atoms with van der Waals surface area (Å²) in [6.45, 7) is 10.4. The van der Waals surface area contributed by atoms with Crippen molar-refractivity contribution in [1.82, 2.24) is 19.6 Å². The second-order valence-corrected chi connectivity index (χ2v) is 8.75. The Morgan fingerprint density at radius 2 is 1.89 bits per heavy atom. The minimum Gasteiger partial charge on any atom is -0.378 e. The molecule has 3 aliphatic rings. The zero-order valence-corrected chi connectivity index (χ0v) is 17.0. The summed E-state index contributed by atoms with van der Waals surface area (Å²) in [5.74, 6) is 0.636. The van der Waals surface area contributed by atoms with E-state index in [1.165, 1.54) is 50.0 Å². The van der Waals surface area contributed by atoms with Gasteiger partial charge in [0.1, 0.15) is 0 Å². The number of fused-ring (bicyclic) bond motifs is 1. The van der Waals surface area contributed by atoms with E-state index >= 15 is 0 Å². The number of morpholine rings is 1. The molecule has 1 unspecified atom stereocenters. The zero-order chi connectivity index (χ0) is 18.8. The molecular weight excluding hydrogens is 340 g/mol. The van der Waals surface area contributed by atoms with Gasteiger partial charge in [0.25, 0.3) is 5.91 Å². The molecule has 2 fully saturated rings. The highest BCUT2D eigenvalue weighted by Gasteiger charge is 2.34. The van der Waals surface area contributed by atoms with Crippen LogP contribution in [0.2, 0.25) is 0 Å². The first-order valence-electron chi connectivity index (χ1n) is 10.8. The van der Waals surface area contributed by atoms with E-state index in [0.29, 0.717) is 44.0 Å². The van der Waals surface area contributed by atoms with Crippen molar-refractivity contribution in [3.05, 3.63) is 17.0 Å². The van der Waals surface area contributed by atoms with Crippen LogP contribution >= 0.6 is 0 Å². The SMILES string of the molecule is CC(C)Cn1nc(C(=O)N2CCOCC2)c2c1CCC(N1CCCCC1)C2. The van der Waals surface area contributed by atoms with E-state index in [9.17, 15) is 4.79 Å². The number of ether oxygens (including phenoxy) is 1. The lowest BCUT2D eigenvalue weighted by atomic mass is 9.89. The predicted molar refractivity (Wildman–Crippen MR) is 105 cm³/mol. The van der Waals surface area contributed by atoms with Gasteiger partial charge in [-0.1, -0.05) is 20.3 Å². The smallest absolute Gasteiger partial charge is 0.274 e. The number of amides is 1. The molecule has 6 heteroatoms. The number of hydrogen-bond donors (Lipinski definition) is 0. The minimum atomic E-state index is 0.108. The summed E-state index contributed by atoms with van der Waals surface area (Å²) in [6.07, 6.45) is 7.22. The van der Waals surface area contributed by atoms with Crippen molar-refractivity contribution in [2.45, 2.75) is 65.0 Å². The van der Waals surface area contributed by atoms with Crippen molar-refractivity contribution in [2.75, 3.05) is 39.4 Å². The average molecular weight is 375 g/mol. The molecule has 0 saturated carbocycles. The van der Waals surface area contributed by atoms with Crippen molar-refractivity contribution in [3.63, 3.8) is 0 Å². The Bertz CT molecular complexity index is 657. The van der Waals surface area contributed by atoms with Gasteiger partial charge in [-0.05, 0) is 51.1 Å². The van der Waals surface area contributed by atoms with E-state index in [2.05, 4.69) is 23.4 Å². The van der Waals surface area contributed by atoms with Crippen LogP contribution in [0.4, 0.5) is 0 Å². The maximum atomic E-state index is 13.2. The Balaban J connectivity index is 1.60. The lowest BCUT2D eigenvalue weighted by Crippen LogP contribution is -2.43. The van der Waals surface area contributed by atoms with Crippen molar-refractivity contribution in [1.29, 1.82) is 0 Å². The van der Waals surface area contributed by atoms with Gasteiger partial charge in [-0.25, -0.2) is 0 Å². The zero-order valence-electron chi connectivity index (χ0n) is 17.0. The summed E-state index contributed by atoms with van der Waals surface area (Å²) in [5, 5.41) is 4.85. The molecule has 2 aliphatic heterocycles. The third kappa shape index (κ3) is 4.06. The number of hydrogen-bond acceptors (Lipinski definition) is 4. The molecule has 2 saturated heterocycles. The van der Waals surface area contributed by atoms with Crippen molar-refractivity contribution in [2.24, 2.45) is 5.92 Å². The van der Waals surface area contributed by atoms with Crippen molar-refractivity contribution in [3.8, 4) is 0 Å². The summed E-state index contributed by atoms with van der Waals surface area (Å²) in [7, 11) is 0. The molecule has 6 nitrogen and oxygen atoms in total. The molecule has 0 aromatic carbocycles. The second-order valence-electron chi connectivity index (χ2n) is 8.75. The first kappa shape index (κ1) is 18.9. The Hall–Kier alpha value is -1.40. The molecule has 1 amide bonds. The lowest BCUT2D eigenvalue weighted by molar-refractivity contribution is 0.0297. The molecule has 1 aromatic rings. The van der Waals surface area contributed by atoms with Gasteiger partial charge in [0.2, 0.25) is 0 Å². The van der Waals surface area contributed by atoms with Crippen molar-refractivity contribution < 1.29 is 9.53 Å². The number of carbonyl (C=O) groups is 1. The van der Waals surface area contributed by atoms with Gasteiger partial charge in [-0.2, -0.15) is 5.10 Å². The van der Waals surface area contributed by atoms with Crippen LogP contribution in [0.1, 0.15) is 61.3 Å². The fraction of sp³-hybridized carbons (Fsp3) is 0.810. The van der Waals surface area contributed by atoms with Gasteiger partial charge in [0.15, 0.2) is 5.69 Å². The molecule has 0 radical (unpaired) electrons. The highest BCUT2D eigenvalue weighted by Crippen LogP contribution is 2.30. The van der Waals surface area contributed by atoms with E-state index in [1.807, 2.05) is 4.90 Å². The number of aromatic nitrogens is 2. The van der Waals surface area contributed by atoms with Crippen LogP contribution < -0.4 is 0 Å². The van der Waals surface area contributed by atoms with Gasteiger partial charge in [-0.15, -0.1) is 0 Å². The fourth-order valence-electron chi connectivity index (χ4n) is 4.85. The first-order chi connectivity index (χ1) is 13.1. The molecular formula is C21H34N4O2. The van der Waals surface area contributed by atoms with Gasteiger partial charge < -0.3 is 14.5 Å². The van der Waals surface area contributed by atoms with Crippen LogP contribution in [0, 0.1) is 5.92 Å². The van der Waals surface area contributed by atoms with E-state index in [4.69, 9.17) is 9.84 Å². The van der Waals surface area contributed by atoms with Crippen LogP contribution in [0.5, 0.6) is 0 Å². The summed E-state index contributed by atoms with van der Waals surface area (Å²) < 4.78 is 7.57. The summed E-state index contributed by atoms with van der Waals surface area (Å²) in [5.41, 5.74) is 3.26. The van der Waals surface area contributed by atoms with Crippen LogP contribution in [-0.2, 0) is 24.1 Å². The highest BCUT2D eigenvalue weighted by molar-refractivity contribution is 5.94. The number of likely N-dealkylation sites (tertiary alicyclic amines) is 1. The number of piperidine rings is 1. The van der Waals surface area contributed by atoms with Gasteiger partial charge in [0, 0.05) is 36.9 Å². The molecule has 0 bridgehead atoms. The molecule has 27 heavy (non-hydrogen) atoms. The largest absolute Gasteiger partial charge is 0.378 e. The van der Waals surface area contributed by atoms with Crippen LogP contribution in [0.25, 0.3) is 0 Å². The summed E-state index contributed by atoms with van der Waals surface area (Å²) >= 11 is 0. The van der Waals surface area contributed by atoms with E-state index in [-0.39, 0.29) is 5.91 Å². The Morgan fingerprint density at radius 3 is 2.59 bits per heavy atom. The molecule has 1 aromatic heterocycles. The third-order valence-electron chi connectivity index (χ3n) is 6.27. The maximum absolute atomic E-state index is 13.2. The normalized spacial score (nSPS) is 24.3. The van der Waals surface area contributed by atoms with E-state index in [0.717, 1.165) is 19.4 Å². The molecule has 3 heterocycles. The van der Waals surface area contributed by atoms with Crippen molar-refractivity contribution >= 4 is 5.91 Å². The molecule has 1 atom stereocenters. The van der Waals surface area contributed by atoms with E-state index in [1.54, 1.807) is 0 Å². The standard InChI is InChI=1S/C21H34N4O2/c1-16(2)15-25-19-7-6-17(23-8-4-3-5-9-23)14-18(19)20(22-25)21(26)24-10-12-27-13-11-24/h16-17H,3-15H2,1-2H3. The topological polar surface area (TPSA) is 50.6 Å². The number of carbonyl (C=O) groups excluding carboxylic acids is 1. The number of nitrogens with zero attached hydrogens (tertiary/aromatic N) is 4. The minimum absolute atomic E-state index is 0.108. The van der Waals surface area contributed by atoms with Gasteiger partial charge >= 0.3 is 0 Å². The lowest BCUT2D eigenvalue weighted by Gasteiger charge is -2.37. The van der Waals surface area contributed by atoms with Gasteiger partial charge in [0.05, 0.1) is 13.2 Å². The molecule has 0 spiro atoms. The average Bonchev–Trinajstić information content (AvgIpc) is 3.06. The van der Waals surface area contributed by atoms with Gasteiger partial charge in [-0.3, -0.25) is 9.48 Å². The quantitative estimate of drug-likeness (QED) is 0.812. The Kier molecular flexibility index (Phi) is 5.83. The molecule has 150 valence electrons. The number of rotatable bonds is 4. The van der Waals surface area contributed by atoms with Crippen LogP contribution in [-0.4, -0.2) is 70.9 Å². The maximum Gasteiger partial charge on any atom is 0.274 e. The first-order valence-corrected chi connectivity index (χ1v) is 10.8. The highest BCUT2D eigenvalue weighted by atomic mass is 16.5. The third-order valence-corrected chi connectivity index (χ3v) is 6.27. The Labute approximate surface area is 162 Å². The summed E-state index contributed by atoms with van der Waals surface area (Å²) in [6, 6.07) is 0.575. The van der Waals surface area contributed by atoms with E-state index < -0.39 is 0 Å². The van der Waals surface area contributed by atoms with Crippen LogP contribution in [0.3, 0.4) is 0 Å². The van der Waals surface area contributed by atoms with Crippen LogP contribution in [0.15, 0.2) is 0 Å². The summed E-state index contributed by atoms with van der Waals surface area (Å²) in [4.78, 5) is 17.8.